The van der Waals surface area contributed by atoms with Gasteiger partial charge in [0.15, 0.2) is 11.5 Å². The molecule has 0 atom stereocenters. The normalized spacial score (nSPS) is 11.3. The molecule has 1 amide bonds. The maximum atomic E-state index is 12.4. The monoisotopic (exact) mass is 473 g/mol. The molecule has 0 saturated carbocycles. The summed E-state index contributed by atoms with van der Waals surface area (Å²) in [6, 6.07) is 16.3. The van der Waals surface area contributed by atoms with Gasteiger partial charge >= 0.3 is 0 Å². The first-order chi connectivity index (χ1) is 15.3. The number of nitrogens with zero attached hydrogens (tertiary/aromatic N) is 1. The average Bonchev–Trinajstić information content (AvgIpc) is 2.76. The van der Waals surface area contributed by atoms with Crippen LogP contribution in [0.2, 0.25) is 5.02 Å². The van der Waals surface area contributed by atoms with Gasteiger partial charge in [0.25, 0.3) is 15.9 Å². The third-order valence-electron chi connectivity index (χ3n) is 4.19. The Balaban J connectivity index is 1.62. The molecule has 32 heavy (non-hydrogen) atoms. The van der Waals surface area contributed by atoms with E-state index in [-0.39, 0.29) is 16.2 Å². The summed E-state index contributed by atoms with van der Waals surface area (Å²) in [4.78, 5) is 12.3. The van der Waals surface area contributed by atoms with E-state index in [9.17, 15) is 18.3 Å². The fraction of sp³-hybridized carbons (Fsp3) is 0.0909. The molecule has 0 aliphatic heterocycles. The zero-order valence-electron chi connectivity index (χ0n) is 16.9. The van der Waals surface area contributed by atoms with E-state index >= 15 is 0 Å². The van der Waals surface area contributed by atoms with Crippen LogP contribution < -0.4 is 14.9 Å². The Morgan fingerprint density at radius 3 is 2.44 bits per heavy atom. The number of phenols is 1. The minimum atomic E-state index is -3.78. The highest BCUT2D eigenvalue weighted by Crippen LogP contribution is 2.26. The molecule has 0 aliphatic rings. The van der Waals surface area contributed by atoms with E-state index in [0.29, 0.717) is 28.6 Å². The third-order valence-corrected chi connectivity index (χ3v) is 5.84. The summed E-state index contributed by atoms with van der Waals surface area (Å²) in [6.45, 7) is 2.20. The van der Waals surface area contributed by atoms with Crippen molar-refractivity contribution < 1.29 is 23.1 Å². The predicted molar refractivity (Wildman–Crippen MR) is 123 cm³/mol. The van der Waals surface area contributed by atoms with E-state index < -0.39 is 15.9 Å². The van der Waals surface area contributed by atoms with Gasteiger partial charge in [-0.3, -0.25) is 9.52 Å². The number of hydrogen-bond donors (Lipinski definition) is 3. The van der Waals surface area contributed by atoms with Crippen molar-refractivity contribution in [3.8, 4) is 11.5 Å². The number of aromatic hydroxyl groups is 1. The molecular weight excluding hydrogens is 454 g/mol. The second kappa shape index (κ2) is 10.2. The number of ether oxygens (including phenoxy) is 1. The standard InChI is InChI=1S/C22H20ClN3O5S/c1-2-31-21-13-15(3-12-20(21)27)14-24-25-22(28)16-4-8-18(9-5-16)26-32(29,30)19-10-6-17(23)7-11-19/h3-14,26-27H,2H2,1H3,(H,25,28)/b24-14-. The zero-order chi connectivity index (χ0) is 23.1. The van der Waals surface area contributed by atoms with E-state index in [0.717, 1.165) is 0 Å². The van der Waals surface area contributed by atoms with Gasteiger partial charge in [0.2, 0.25) is 0 Å². The molecule has 3 aromatic rings. The van der Waals surface area contributed by atoms with Crippen LogP contribution in [-0.2, 0) is 10.0 Å². The molecule has 3 N–H and O–H groups in total. The Morgan fingerprint density at radius 2 is 1.78 bits per heavy atom. The Bertz CT molecular complexity index is 1230. The number of nitrogens with one attached hydrogen (secondary N) is 2. The SMILES string of the molecule is CCOc1cc(/C=N\NC(=O)c2ccc(NS(=O)(=O)c3ccc(Cl)cc3)cc2)ccc1O. The summed E-state index contributed by atoms with van der Waals surface area (Å²) in [7, 11) is -3.78. The Kier molecular flexibility index (Phi) is 7.34. The lowest BCUT2D eigenvalue weighted by Gasteiger charge is -2.09. The second-order valence-corrected chi connectivity index (χ2v) is 8.61. The van der Waals surface area contributed by atoms with Gasteiger partial charge in [-0.1, -0.05) is 11.6 Å². The van der Waals surface area contributed by atoms with E-state index in [1.54, 1.807) is 19.1 Å². The lowest BCUT2D eigenvalue weighted by molar-refractivity contribution is 0.0955. The number of hydrazone groups is 1. The van der Waals surface area contributed by atoms with Gasteiger partial charge in [-0.15, -0.1) is 0 Å². The molecule has 0 heterocycles. The molecule has 0 unspecified atom stereocenters. The van der Waals surface area contributed by atoms with Crippen molar-refractivity contribution in [2.75, 3.05) is 11.3 Å². The third kappa shape index (κ3) is 5.99. The van der Waals surface area contributed by atoms with Crippen molar-refractivity contribution in [3.63, 3.8) is 0 Å². The van der Waals surface area contributed by atoms with E-state index in [1.165, 1.54) is 60.8 Å². The van der Waals surface area contributed by atoms with Gasteiger partial charge in [0.05, 0.1) is 17.7 Å². The van der Waals surface area contributed by atoms with Gasteiger partial charge in [0, 0.05) is 16.3 Å². The number of carbonyl (C=O) groups is 1. The lowest BCUT2D eigenvalue weighted by atomic mass is 10.2. The van der Waals surface area contributed by atoms with Crippen LogP contribution in [0.1, 0.15) is 22.8 Å². The molecule has 3 aromatic carbocycles. The highest BCUT2D eigenvalue weighted by molar-refractivity contribution is 7.92. The van der Waals surface area contributed by atoms with Crippen LogP contribution in [0.25, 0.3) is 0 Å². The summed E-state index contributed by atoms with van der Waals surface area (Å²) < 4.78 is 32.6. The van der Waals surface area contributed by atoms with Crippen LogP contribution in [0.4, 0.5) is 5.69 Å². The molecule has 0 bridgehead atoms. The zero-order valence-corrected chi connectivity index (χ0v) is 18.5. The van der Waals surface area contributed by atoms with Gasteiger partial charge in [-0.25, -0.2) is 13.8 Å². The molecule has 0 aliphatic carbocycles. The van der Waals surface area contributed by atoms with Gasteiger partial charge in [0.1, 0.15) is 0 Å². The highest BCUT2D eigenvalue weighted by atomic mass is 35.5. The Morgan fingerprint density at radius 1 is 1.09 bits per heavy atom. The fourth-order valence-electron chi connectivity index (χ4n) is 2.63. The van der Waals surface area contributed by atoms with Crippen LogP contribution in [-0.4, -0.2) is 32.3 Å². The number of hydrogen-bond acceptors (Lipinski definition) is 6. The molecule has 0 aromatic heterocycles. The molecule has 0 radical (unpaired) electrons. The Labute approximate surface area is 190 Å². The summed E-state index contributed by atoms with van der Waals surface area (Å²) in [5.74, 6) is -0.142. The van der Waals surface area contributed by atoms with E-state index in [4.69, 9.17) is 16.3 Å². The van der Waals surface area contributed by atoms with Crippen LogP contribution in [0, 0.1) is 0 Å². The molecule has 10 heteroatoms. The average molecular weight is 474 g/mol. The van der Waals surface area contributed by atoms with Crippen molar-refractivity contribution >= 4 is 39.4 Å². The fourth-order valence-corrected chi connectivity index (χ4v) is 3.81. The molecule has 0 spiro atoms. The van der Waals surface area contributed by atoms with Crippen molar-refractivity contribution in [2.24, 2.45) is 5.10 Å². The number of benzene rings is 3. The highest BCUT2D eigenvalue weighted by Gasteiger charge is 2.14. The first kappa shape index (κ1) is 23.1. The molecular formula is C22H20ClN3O5S. The lowest BCUT2D eigenvalue weighted by Crippen LogP contribution is -2.18. The van der Waals surface area contributed by atoms with Crippen LogP contribution in [0.3, 0.4) is 0 Å². The Hall–Kier alpha value is -3.56. The number of amides is 1. The number of sulfonamides is 1. The van der Waals surface area contributed by atoms with Crippen molar-refractivity contribution in [1.29, 1.82) is 0 Å². The second-order valence-electron chi connectivity index (χ2n) is 6.50. The van der Waals surface area contributed by atoms with Crippen molar-refractivity contribution in [3.05, 3.63) is 82.9 Å². The van der Waals surface area contributed by atoms with Crippen LogP contribution in [0.15, 0.2) is 76.7 Å². The molecule has 166 valence electrons. The van der Waals surface area contributed by atoms with Gasteiger partial charge in [-0.05, 0) is 79.2 Å². The van der Waals surface area contributed by atoms with Gasteiger partial charge < -0.3 is 9.84 Å². The van der Waals surface area contributed by atoms with E-state index in [2.05, 4.69) is 15.2 Å². The molecule has 8 nitrogen and oxygen atoms in total. The van der Waals surface area contributed by atoms with Crippen LogP contribution >= 0.6 is 11.6 Å². The smallest absolute Gasteiger partial charge is 0.271 e. The minimum Gasteiger partial charge on any atom is -0.504 e. The molecule has 0 saturated heterocycles. The maximum Gasteiger partial charge on any atom is 0.271 e. The number of halogens is 1. The number of rotatable bonds is 8. The van der Waals surface area contributed by atoms with Crippen molar-refractivity contribution in [1.82, 2.24) is 5.43 Å². The number of phenolic OH excluding ortho intramolecular Hbond substituents is 1. The first-order valence-electron chi connectivity index (χ1n) is 9.46. The molecule has 3 rings (SSSR count). The summed E-state index contributed by atoms with van der Waals surface area (Å²) >= 11 is 5.79. The first-order valence-corrected chi connectivity index (χ1v) is 11.3. The quantitative estimate of drug-likeness (QED) is 0.337. The van der Waals surface area contributed by atoms with Crippen molar-refractivity contribution in [2.45, 2.75) is 11.8 Å². The summed E-state index contributed by atoms with van der Waals surface area (Å²) in [5, 5.41) is 14.0. The topological polar surface area (TPSA) is 117 Å². The van der Waals surface area contributed by atoms with Crippen LogP contribution in [0.5, 0.6) is 11.5 Å². The predicted octanol–water partition coefficient (Wildman–Crippen LogP) is 4.01. The van der Waals surface area contributed by atoms with E-state index in [1.807, 2.05) is 0 Å². The molecule has 0 fully saturated rings. The number of carbonyl (C=O) groups excluding carboxylic acids is 1. The summed E-state index contributed by atoms with van der Waals surface area (Å²) in [5.41, 5.74) is 3.60. The largest absolute Gasteiger partial charge is 0.504 e. The van der Waals surface area contributed by atoms with Gasteiger partial charge in [-0.2, -0.15) is 5.10 Å². The number of anilines is 1. The summed E-state index contributed by atoms with van der Waals surface area (Å²) in [6.07, 6.45) is 1.41. The maximum absolute atomic E-state index is 12.4. The minimum absolute atomic E-state index is 0.0137.